The zero-order valence-electron chi connectivity index (χ0n) is 28.9. The van der Waals surface area contributed by atoms with Crippen molar-refractivity contribution >= 4 is 51.7 Å². The lowest BCUT2D eigenvalue weighted by molar-refractivity contribution is 0.0358. The first-order valence-electron chi connectivity index (χ1n) is 16.8. The molecule has 0 unspecified atom stereocenters. The van der Waals surface area contributed by atoms with Crippen LogP contribution >= 0.6 is 0 Å². The molecule has 1 saturated heterocycles. The summed E-state index contributed by atoms with van der Waals surface area (Å²) in [7, 11) is 1.31. The van der Waals surface area contributed by atoms with E-state index in [4.69, 9.17) is 25.7 Å². The van der Waals surface area contributed by atoms with Crippen LogP contribution in [0.3, 0.4) is 0 Å². The minimum Gasteiger partial charge on any atom is -0.491 e. The molecule has 1 fully saturated rings. The summed E-state index contributed by atoms with van der Waals surface area (Å²) in [6.07, 6.45) is 4.61. The Balaban J connectivity index is 1.25. The first kappa shape index (κ1) is 35.1. The van der Waals surface area contributed by atoms with Gasteiger partial charge in [0.1, 0.15) is 17.0 Å². The molecule has 3 aromatic heterocycles. The number of nitrogens with two attached hydrogens (primary N) is 2. The smallest absolute Gasteiger partial charge is 0.337 e. The fraction of sp³-hybridized carbons (Fsp3) is 0.371. The standard InChI is InChI=1S/C35H42N10O6/c1-4-45-28(18-22(2)41-45)32(47)40-35-39-25-19-23(33(48)49-3)8-9-27(25)43(35)11-5-6-12-44-30-26(38-34(44)37)20-24(31(36)46)21-29(30)51-15-7-10-42-13-16-50-17-14-42/h5-6,8-9,18-21H,4,7,10-17H2,1-3H3,(H2,36,46)(H2,37,38)(H,39,40,47)/b6-5+. The number of aryl methyl sites for hydroxylation is 2. The summed E-state index contributed by atoms with van der Waals surface area (Å²) in [6.45, 7) is 9.42. The number of benzene rings is 2. The maximum atomic E-state index is 13.4. The number of amides is 2. The first-order valence-corrected chi connectivity index (χ1v) is 16.8. The summed E-state index contributed by atoms with van der Waals surface area (Å²) >= 11 is 0. The molecule has 2 amide bonds. The van der Waals surface area contributed by atoms with Gasteiger partial charge in [-0.05, 0) is 56.7 Å². The molecule has 0 radical (unpaired) electrons. The van der Waals surface area contributed by atoms with Gasteiger partial charge < -0.3 is 34.8 Å². The third kappa shape index (κ3) is 7.71. The lowest BCUT2D eigenvalue weighted by Gasteiger charge is -2.26. The van der Waals surface area contributed by atoms with Crippen LogP contribution in [0.15, 0.2) is 48.6 Å². The molecule has 0 atom stereocenters. The maximum absolute atomic E-state index is 13.4. The minimum absolute atomic E-state index is 0.244. The molecule has 0 saturated carbocycles. The summed E-state index contributed by atoms with van der Waals surface area (Å²) in [4.78, 5) is 49.2. The molecule has 5 N–H and O–H groups in total. The molecule has 6 rings (SSSR count). The Morgan fingerprint density at radius 1 is 1.00 bits per heavy atom. The summed E-state index contributed by atoms with van der Waals surface area (Å²) in [5.41, 5.74) is 16.1. The fourth-order valence-corrected chi connectivity index (χ4v) is 6.13. The van der Waals surface area contributed by atoms with Crippen LogP contribution in [-0.4, -0.2) is 98.1 Å². The highest BCUT2D eigenvalue weighted by atomic mass is 16.5. The number of carbonyl (C=O) groups excluding carboxylic acids is 3. The van der Waals surface area contributed by atoms with Crippen molar-refractivity contribution in [1.29, 1.82) is 0 Å². The predicted molar refractivity (Wildman–Crippen MR) is 191 cm³/mol. The lowest BCUT2D eigenvalue weighted by Crippen LogP contribution is -2.37. The van der Waals surface area contributed by atoms with Gasteiger partial charge >= 0.3 is 5.97 Å². The van der Waals surface area contributed by atoms with Crippen LogP contribution in [0.5, 0.6) is 5.75 Å². The van der Waals surface area contributed by atoms with Crippen molar-refractivity contribution in [3.05, 3.63) is 71.1 Å². The average Bonchev–Trinajstić information content (AvgIpc) is 3.79. The van der Waals surface area contributed by atoms with Gasteiger partial charge in [0.2, 0.25) is 17.8 Å². The van der Waals surface area contributed by atoms with Crippen LogP contribution in [-0.2, 0) is 29.1 Å². The number of nitrogens with zero attached hydrogens (tertiary/aromatic N) is 7. The van der Waals surface area contributed by atoms with E-state index in [0.717, 1.165) is 45.0 Å². The number of allylic oxidation sites excluding steroid dienone is 2. The highest BCUT2D eigenvalue weighted by Gasteiger charge is 2.20. The lowest BCUT2D eigenvalue weighted by atomic mass is 10.1. The highest BCUT2D eigenvalue weighted by Crippen LogP contribution is 2.30. The molecule has 16 nitrogen and oxygen atoms in total. The van der Waals surface area contributed by atoms with Gasteiger partial charge in [-0.3, -0.25) is 24.5 Å². The van der Waals surface area contributed by atoms with E-state index >= 15 is 0 Å². The third-order valence-corrected chi connectivity index (χ3v) is 8.67. The Hall–Kier alpha value is -5.74. The van der Waals surface area contributed by atoms with Gasteiger partial charge in [0.25, 0.3) is 5.91 Å². The molecule has 0 bridgehead atoms. The second-order valence-electron chi connectivity index (χ2n) is 12.1. The number of carbonyl (C=O) groups is 3. The number of nitrogen functional groups attached to an aromatic ring is 1. The van der Waals surface area contributed by atoms with E-state index in [1.54, 1.807) is 45.6 Å². The largest absolute Gasteiger partial charge is 0.491 e. The van der Waals surface area contributed by atoms with Crippen molar-refractivity contribution in [3.63, 3.8) is 0 Å². The Bertz CT molecular complexity index is 2110. The fourth-order valence-electron chi connectivity index (χ4n) is 6.13. The van der Waals surface area contributed by atoms with E-state index in [1.807, 2.05) is 30.6 Å². The van der Waals surface area contributed by atoms with Gasteiger partial charge in [-0.2, -0.15) is 5.10 Å². The van der Waals surface area contributed by atoms with Crippen molar-refractivity contribution in [2.45, 2.75) is 39.9 Å². The van der Waals surface area contributed by atoms with Gasteiger partial charge in [0, 0.05) is 44.8 Å². The Morgan fingerprint density at radius 2 is 1.75 bits per heavy atom. The molecule has 4 heterocycles. The third-order valence-electron chi connectivity index (χ3n) is 8.67. The molecule has 1 aliphatic rings. The topological polar surface area (TPSA) is 200 Å². The SMILES string of the molecule is CCn1nc(C)cc1C(=O)Nc1nc2cc(C(=O)OC)ccc2n1C/C=C/Cn1c(N)nc2cc(C(N)=O)cc(OCCCN3CCOCC3)c21. The van der Waals surface area contributed by atoms with Crippen LogP contribution in [0.25, 0.3) is 22.1 Å². The molecule has 16 heteroatoms. The van der Waals surface area contributed by atoms with Crippen molar-refractivity contribution < 1.29 is 28.6 Å². The second kappa shape index (κ2) is 15.4. The summed E-state index contributed by atoms with van der Waals surface area (Å²) in [5, 5.41) is 7.31. The van der Waals surface area contributed by atoms with Crippen molar-refractivity contribution in [2.24, 2.45) is 5.73 Å². The number of ether oxygens (including phenoxy) is 3. The highest BCUT2D eigenvalue weighted by molar-refractivity contribution is 6.03. The quantitative estimate of drug-likeness (QED) is 0.0875. The van der Waals surface area contributed by atoms with Gasteiger partial charge in [0.05, 0.1) is 54.7 Å². The van der Waals surface area contributed by atoms with Gasteiger partial charge in [-0.1, -0.05) is 12.2 Å². The van der Waals surface area contributed by atoms with Crippen molar-refractivity contribution in [3.8, 4) is 5.75 Å². The molecule has 2 aromatic carbocycles. The van der Waals surface area contributed by atoms with Crippen LogP contribution in [0.2, 0.25) is 0 Å². The summed E-state index contributed by atoms with van der Waals surface area (Å²) in [6, 6.07) is 9.99. The predicted octanol–water partition coefficient (Wildman–Crippen LogP) is 2.99. The number of nitrogens with one attached hydrogen (secondary N) is 1. The number of imidazole rings is 2. The normalized spacial score (nSPS) is 13.7. The Morgan fingerprint density at radius 3 is 2.47 bits per heavy atom. The zero-order chi connectivity index (χ0) is 36.1. The number of rotatable bonds is 14. The van der Waals surface area contributed by atoms with E-state index in [2.05, 4.69) is 25.3 Å². The molecular formula is C35H42N10O6. The number of anilines is 2. The van der Waals surface area contributed by atoms with E-state index in [1.165, 1.54) is 7.11 Å². The molecule has 51 heavy (non-hydrogen) atoms. The van der Waals surface area contributed by atoms with Crippen LogP contribution in [0, 0.1) is 6.92 Å². The molecule has 0 spiro atoms. The van der Waals surface area contributed by atoms with Crippen LogP contribution in [0.4, 0.5) is 11.9 Å². The van der Waals surface area contributed by atoms with E-state index < -0.39 is 11.9 Å². The molecule has 1 aliphatic heterocycles. The number of fused-ring (bicyclic) bond motifs is 2. The van der Waals surface area contributed by atoms with Gasteiger partial charge in [-0.25, -0.2) is 14.8 Å². The first-order chi connectivity index (χ1) is 24.7. The van der Waals surface area contributed by atoms with E-state index in [9.17, 15) is 14.4 Å². The monoisotopic (exact) mass is 698 g/mol. The summed E-state index contributed by atoms with van der Waals surface area (Å²) in [5.74, 6) is -0.443. The molecular weight excluding hydrogens is 656 g/mol. The summed E-state index contributed by atoms with van der Waals surface area (Å²) < 4.78 is 21.8. The minimum atomic E-state index is -0.591. The second-order valence-corrected chi connectivity index (χ2v) is 12.1. The van der Waals surface area contributed by atoms with Gasteiger partial charge in [-0.15, -0.1) is 0 Å². The number of morpholine rings is 1. The number of hydrogen-bond acceptors (Lipinski definition) is 11. The Kier molecular flexibility index (Phi) is 10.6. The Labute approximate surface area is 293 Å². The van der Waals surface area contributed by atoms with Crippen molar-refractivity contribution in [2.75, 3.05) is 57.6 Å². The van der Waals surface area contributed by atoms with E-state index in [0.29, 0.717) is 71.3 Å². The molecule has 268 valence electrons. The molecule has 0 aliphatic carbocycles. The van der Waals surface area contributed by atoms with E-state index in [-0.39, 0.29) is 17.4 Å². The average molecular weight is 699 g/mol. The van der Waals surface area contributed by atoms with Crippen molar-refractivity contribution in [1.82, 2.24) is 33.8 Å². The zero-order valence-corrected chi connectivity index (χ0v) is 28.9. The van der Waals surface area contributed by atoms with Gasteiger partial charge in [0.15, 0.2) is 0 Å². The number of primary amides is 1. The maximum Gasteiger partial charge on any atom is 0.337 e. The molecule has 5 aromatic rings. The number of aromatic nitrogens is 6. The number of esters is 1. The van der Waals surface area contributed by atoms with Crippen LogP contribution < -0.4 is 21.5 Å². The van der Waals surface area contributed by atoms with Crippen LogP contribution in [0.1, 0.15) is 50.2 Å². The number of hydrogen-bond donors (Lipinski definition) is 3. The number of methoxy groups -OCH3 is 1.